The van der Waals surface area contributed by atoms with E-state index in [4.69, 9.17) is 5.11 Å². The second kappa shape index (κ2) is 4.58. The molecule has 0 unspecified atom stereocenters. The van der Waals surface area contributed by atoms with Crippen molar-refractivity contribution in [2.45, 2.75) is 25.8 Å². The molecular weight excluding hydrogens is 266 g/mol. The van der Waals surface area contributed by atoms with Crippen LogP contribution in [-0.2, 0) is 11.3 Å². The van der Waals surface area contributed by atoms with E-state index in [1.54, 1.807) is 18.2 Å². The van der Waals surface area contributed by atoms with Crippen LogP contribution in [0.2, 0.25) is 0 Å². The van der Waals surface area contributed by atoms with Gasteiger partial charge in [-0.2, -0.15) is 0 Å². The van der Waals surface area contributed by atoms with Crippen LogP contribution in [0.3, 0.4) is 0 Å². The van der Waals surface area contributed by atoms with Crippen LogP contribution in [0, 0.1) is 29.6 Å². The Hall–Kier alpha value is -1.84. The van der Waals surface area contributed by atoms with E-state index in [-0.39, 0.29) is 17.4 Å². The first-order valence-corrected chi connectivity index (χ1v) is 7.75. The number of carbonyl (C=O) groups excluding carboxylic acids is 1. The summed E-state index contributed by atoms with van der Waals surface area (Å²) >= 11 is 0. The van der Waals surface area contributed by atoms with E-state index in [0.717, 1.165) is 17.4 Å². The molecule has 0 heterocycles. The van der Waals surface area contributed by atoms with Crippen molar-refractivity contribution in [3.63, 3.8) is 0 Å². The van der Waals surface area contributed by atoms with Gasteiger partial charge in [-0.25, -0.2) is 4.79 Å². The molecule has 2 N–H and O–H groups in total. The van der Waals surface area contributed by atoms with Crippen LogP contribution >= 0.6 is 0 Å². The van der Waals surface area contributed by atoms with Gasteiger partial charge >= 0.3 is 5.97 Å². The molecule has 110 valence electrons. The minimum atomic E-state index is -0.934. The van der Waals surface area contributed by atoms with E-state index in [1.165, 1.54) is 19.3 Å². The molecule has 4 atom stereocenters. The summed E-state index contributed by atoms with van der Waals surface area (Å²) in [4.78, 5) is 23.2. The maximum Gasteiger partial charge on any atom is 0.335 e. The number of fused-ring (bicyclic) bond motifs is 5. The minimum absolute atomic E-state index is 0.169. The van der Waals surface area contributed by atoms with Gasteiger partial charge in [0.1, 0.15) is 0 Å². The van der Waals surface area contributed by atoms with Crippen LogP contribution in [0.5, 0.6) is 0 Å². The Labute approximate surface area is 123 Å². The largest absolute Gasteiger partial charge is 0.478 e. The molecular formula is C17H19NO3. The van der Waals surface area contributed by atoms with Crippen molar-refractivity contribution >= 4 is 11.9 Å². The third-order valence-corrected chi connectivity index (χ3v) is 5.68. The minimum Gasteiger partial charge on any atom is -0.478 e. The maximum absolute atomic E-state index is 12.3. The van der Waals surface area contributed by atoms with E-state index in [1.807, 2.05) is 6.07 Å². The lowest BCUT2D eigenvalue weighted by Crippen LogP contribution is -2.27. The third kappa shape index (κ3) is 2.04. The molecule has 0 spiro atoms. The van der Waals surface area contributed by atoms with E-state index in [2.05, 4.69) is 5.32 Å². The Balaban J connectivity index is 1.36. The molecule has 1 aromatic carbocycles. The Bertz CT molecular complexity index is 596. The van der Waals surface area contributed by atoms with Gasteiger partial charge in [0.15, 0.2) is 0 Å². The second-order valence-electron chi connectivity index (χ2n) is 6.74. The fourth-order valence-corrected chi connectivity index (χ4v) is 4.80. The third-order valence-electron chi connectivity index (χ3n) is 5.68. The summed E-state index contributed by atoms with van der Waals surface area (Å²) in [6.07, 6.45) is 3.98. The summed E-state index contributed by atoms with van der Waals surface area (Å²) in [5, 5.41) is 12.0. The van der Waals surface area contributed by atoms with Gasteiger partial charge in [-0.05, 0) is 60.6 Å². The number of nitrogens with one attached hydrogen (secondary N) is 1. The molecule has 0 aromatic heterocycles. The molecule has 3 aliphatic rings. The predicted octanol–water partition coefficient (Wildman–Crippen LogP) is 2.29. The molecule has 4 rings (SSSR count). The van der Waals surface area contributed by atoms with Gasteiger partial charge in [0.25, 0.3) is 0 Å². The van der Waals surface area contributed by atoms with Crippen molar-refractivity contribution in [3.8, 4) is 0 Å². The van der Waals surface area contributed by atoms with Crippen LogP contribution in [0.15, 0.2) is 24.3 Å². The zero-order valence-corrected chi connectivity index (χ0v) is 11.8. The Morgan fingerprint density at radius 1 is 1.19 bits per heavy atom. The normalized spacial score (nSPS) is 35.3. The van der Waals surface area contributed by atoms with E-state index in [0.29, 0.717) is 18.4 Å². The molecule has 1 aromatic rings. The number of carboxylic acids is 1. The highest BCUT2D eigenvalue weighted by Crippen LogP contribution is 2.69. The van der Waals surface area contributed by atoms with Gasteiger partial charge in [0, 0.05) is 12.5 Å². The molecule has 4 nitrogen and oxygen atoms in total. The lowest BCUT2D eigenvalue weighted by molar-refractivity contribution is -0.123. The molecule has 3 fully saturated rings. The van der Waals surface area contributed by atoms with Crippen molar-refractivity contribution < 1.29 is 14.7 Å². The van der Waals surface area contributed by atoms with Gasteiger partial charge in [-0.3, -0.25) is 4.79 Å². The number of rotatable bonds is 4. The highest BCUT2D eigenvalue weighted by Gasteiger charge is 2.67. The Kier molecular flexibility index (Phi) is 2.81. The van der Waals surface area contributed by atoms with E-state index >= 15 is 0 Å². The van der Waals surface area contributed by atoms with E-state index < -0.39 is 5.97 Å². The number of aromatic carboxylic acids is 1. The predicted molar refractivity (Wildman–Crippen MR) is 76.5 cm³/mol. The van der Waals surface area contributed by atoms with Crippen molar-refractivity contribution in [1.82, 2.24) is 5.32 Å². The van der Waals surface area contributed by atoms with Crippen LogP contribution in [0.1, 0.15) is 35.2 Å². The average molecular weight is 285 g/mol. The maximum atomic E-state index is 12.3. The summed E-state index contributed by atoms with van der Waals surface area (Å²) < 4.78 is 0. The topological polar surface area (TPSA) is 66.4 Å². The number of carbonyl (C=O) groups is 2. The number of hydrogen-bond donors (Lipinski definition) is 2. The molecule has 3 aliphatic carbocycles. The molecule has 21 heavy (non-hydrogen) atoms. The summed E-state index contributed by atoms with van der Waals surface area (Å²) in [6.45, 7) is 0.422. The molecule has 4 heteroatoms. The smallest absolute Gasteiger partial charge is 0.335 e. The molecule has 3 saturated carbocycles. The fraction of sp³-hybridized carbons (Fsp3) is 0.529. The molecule has 2 bridgehead atoms. The van der Waals surface area contributed by atoms with Gasteiger partial charge in [0.2, 0.25) is 5.91 Å². The van der Waals surface area contributed by atoms with Crippen molar-refractivity contribution in [2.24, 2.45) is 29.6 Å². The molecule has 0 aliphatic heterocycles. The summed E-state index contributed by atoms with van der Waals surface area (Å²) in [7, 11) is 0. The van der Waals surface area contributed by atoms with Gasteiger partial charge in [-0.1, -0.05) is 12.1 Å². The number of carboxylic acid groups (broad SMARTS) is 1. The summed E-state index contributed by atoms with van der Waals surface area (Å²) in [5.74, 6) is 2.36. The van der Waals surface area contributed by atoms with Crippen LogP contribution in [-0.4, -0.2) is 17.0 Å². The Morgan fingerprint density at radius 3 is 2.57 bits per heavy atom. The lowest BCUT2D eigenvalue weighted by atomic mass is 10.0. The standard InChI is InChI=1S/C17H19NO3/c19-16(15-13-10-4-5-11(7-10)14(13)15)18-8-9-2-1-3-12(6-9)17(20)21/h1-3,6,10-11,13-15H,4-5,7-8H2,(H,18,19)(H,20,21)/t10-,11-,13-,14-/m0/s1. The number of amides is 1. The molecule has 1 amide bonds. The zero-order chi connectivity index (χ0) is 14.6. The van der Waals surface area contributed by atoms with Crippen molar-refractivity contribution in [1.29, 1.82) is 0 Å². The zero-order valence-electron chi connectivity index (χ0n) is 11.8. The summed E-state index contributed by atoms with van der Waals surface area (Å²) in [6, 6.07) is 6.76. The quantitative estimate of drug-likeness (QED) is 0.892. The van der Waals surface area contributed by atoms with Gasteiger partial charge in [0.05, 0.1) is 5.56 Å². The SMILES string of the molecule is O=C(O)c1cccc(CNC(=O)C2[C@H]3[C@H]4CC[C@@H](C4)[C@H]23)c1. The fourth-order valence-electron chi connectivity index (χ4n) is 4.80. The van der Waals surface area contributed by atoms with Crippen LogP contribution in [0.25, 0.3) is 0 Å². The first-order chi connectivity index (χ1) is 10.1. The second-order valence-corrected chi connectivity index (χ2v) is 6.74. The molecule has 0 saturated heterocycles. The molecule has 0 radical (unpaired) electrons. The van der Waals surface area contributed by atoms with Crippen LogP contribution in [0.4, 0.5) is 0 Å². The van der Waals surface area contributed by atoms with E-state index in [9.17, 15) is 9.59 Å². The average Bonchev–Trinajstić information content (AvgIpc) is 2.93. The first kappa shape index (κ1) is 12.9. The highest BCUT2D eigenvalue weighted by molar-refractivity contribution is 5.87. The van der Waals surface area contributed by atoms with Crippen molar-refractivity contribution in [3.05, 3.63) is 35.4 Å². The van der Waals surface area contributed by atoms with Gasteiger partial charge < -0.3 is 10.4 Å². The lowest BCUT2D eigenvalue weighted by Gasteiger charge is -2.10. The first-order valence-electron chi connectivity index (χ1n) is 7.75. The van der Waals surface area contributed by atoms with Gasteiger partial charge in [-0.15, -0.1) is 0 Å². The van der Waals surface area contributed by atoms with Crippen molar-refractivity contribution in [2.75, 3.05) is 0 Å². The highest BCUT2D eigenvalue weighted by atomic mass is 16.4. The Morgan fingerprint density at radius 2 is 1.90 bits per heavy atom. The summed E-state index contributed by atoms with van der Waals surface area (Å²) in [5.41, 5.74) is 1.11. The van der Waals surface area contributed by atoms with Crippen LogP contribution < -0.4 is 5.32 Å². The number of benzene rings is 1. The number of hydrogen-bond acceptors (Lipinski definition) is 2. The monoisotopic (exact) mass is 285 g/mol.